The third-order valence-electron chi connectivity index (χ3n) is 3.85. The molecule has 0 saturated heterocycles. The maximum atomic E-state index is 12.2. The van der Waals surface area contributed by atoms with Crippen LogP contribution in [-0.4, -0.2) is 30.7 Å². The number of nitrogens with two attached hydrogens (primary N) is 1. The molecule has 3 rings (SSSR count). The topological polar surface area (TPSA) is 107 Å². The number of hydrogen-bond acceptors (Lipinski definition) is 4. The number of sulfonamides is 1. The maximum absolute atomic E-state index is 12.2. The molecule has 1 aromatic heterocycles. The summed E-state index contributed by atoms with van der Waals surface area (Å²) in [6.45, 7) is 0.439. The number of amides is 1. The number of nitrogens with one attached hydrogen (secondary N) is 1. The molecule has 0 saturated carbocycles. The van der Waals surface area contributed by atoms with Gasteiger partial charge in [0.1, 0.15) is 0 Å². The lowest BCUT2D eigenvalue weighted by Crippen LogP contribution is -2.25. The standard InChI is InChI=1S/C18H18N4O3S/c19-26(24,25)17-8-2-14(3-9-17)10-12-20-18(23)15-4-6-16(7-5-15)22-13-1-11-21-22/h1-9,11,13H,10,12H2,(H,20,23)(H2,19,24,25). The minimum atomic E-state index is -3.69. The van der Waals surface area contributed by atoms with Crippen molar-refractivity contribution in [3.63, 3.8) is 0 Å². The zero-order valence-corrected chi connectivity index (χ0v) is 14.7. The van der Waals surface area contributed by atoms with E-state index in [0.717, 1.165) is 11.3 Å². The van der Waals surface area contributed by atoms with Gasteiger partial charge < -0.3 is 5.32 Å². The van der Waals surface area contributed by atoms with E-state index >= 15 is 0 Å². The van der Waals surface area contributed by atoms with Gasteiger partial charge in [-0.05, 0) is 54.4 Å². The van der Waals surface area contributed by atoms with Crippen LogP contribution in [0.3, 0.4) is 0 Å². The summed E-state index contributed by atoms with van der Waals surface area (Å²) in [4.78, 5) is 12.3. The van der Waals surface area contributed by atoms with Crippen molar-refractivity contribution in [3.8, 4) is 5.69 Å². The Hall–Kier alpha value is -2.97. The predicted octanol–water partition coefficient (Wildman–Crippen LogP) is 1.49. The molecule has 26 heavy (non-hydrogen) atoms. The summed E-state index contributed by atoms with van der Waals surface area (Å²) < 4.78 is 24.2. The largest absolute Gasteiger partial charge is 0.352 e. The molecule has 0 spiro atoms. The number of hydrogen-bond donors (Lipinski definition) is 2. The summed E-state index contributed by atoms with van der Waals surface area (Å²) in [5, 5.41) is 12.0. The van der Waals surface area contributed by atoms with Crippen molar-refractivity contribution in [3.05, 3.63) is 78.1 Å². The molecule has 2 aromatic carbocycles. The van der Waals surface area contributed by atoms with E-state index in [1.54, 1.807) is 35.1 Å². The van der Waals surface area contributed by atoms with Gasteiger partial charge >= 0.3 is 0 Å². The second-order valence-corrected chi connectivity index (χ2v) is 7.25. The quantitative estimate of drug-likeness (QED) is 0.685. The first kappa shape index (κ1) is 17.8. The third-order valence-corrected chi connectivity index (χ3v) is 4.78. The Kier molecular flexibility index (Phi) is 5.15. The van der Waals surface area contributed by atoms with Gasteiger partial charge in [0.25, 0.3) is 5.91 Å². The fourth-order valence-corrected chi connectivity index (χ4v) is 2.97. The first-order valence-corrected chi connectivity index (χ1v) is 9.48. The lowest BCUT2D eigenvalue weighted by molar-refractivity contribution is 0.0954. The van der Waals surface area contributed by atoms with E-state index < -0.39 is 10.0 Å². The van der Waals surface area contributed by atoms with Crippen LogP contribution in [0, 0.1) is 0 Å². The van der Waals surface area contributed by atoms with E-state index in [9.17, 15) is 13.2 Å². The smallest absolute Gasteiger partial charge is 0.251 e. The second kappa shape index (κ2) is 7.51. The SMILES string of the molecule is NS(=O)(=O)c1ccc(CCNC(=O)c2ccc(-n3cccn3)cc2)cc1. The summed E-state index contributed by atoms with van der Waals surface area (Å²) in [5.74, 6) is -0.168. The van der Waals surface area contributed by atoms with Crippen molar-refractivity contribution in [1.82, 2.24) is 15.1 Å². The molecular weight excluding hydrogens is 352 g/mol. The van der Waals surface area contributed by atoms with Gasteiger partial charge in [0, 0.05) is 24.5 Å². The molecule has 0 bridgehead atoms. The van der Waals surface area contributed by atoms with E-state index in [1.165, 1.54) is 12.1 Å². The van der Waals surface area contributed by atoms with Crippen LogP contribution in [0.25, 0.3) is 5.69 Å². The van der Waals surface area contributed by atoms with Crippen molar-refractivity contribution in [1.29, 1.82) is 0 Å². The van der Waals surface area contributed by atoms with Crippen LogP contribution in [0.2, 0.25) is 0 Å². The highest BCUT2D eigenvalue weighted by Gasteiger charge is 2.08. The number of carbonyl (C=O) groups is 1. The lowest BCUT2D eigenvalue weighted by atomic mass is 10.1. The van der Waals surface area contributed by atoms with Crippen LogP contribution >= 0.6 is 0 Å². The van der Waals surface area contributed by atoms with Crippen molar-refractivity contribution in [2.24, 2.45) is 5.14 Å². The van der Waals surface area contributed by atoms with E-state index in [4.69, 9.17) is 5.14 Å². The van der Waals surface area contributed by atoms with Gasteiger partial charge in [-0.25, -0.2) is 18.2 Å². The Bertz CT molecular complexity index is 980. The van der Waals surface area contributed by atoms with Crippen LogP contribution in [0.15, 0.2) is 71.9 Å². The Labute approximate surface area is 151 Å². The van der Waals surface area contributed by atoms with Gasteiger partial charge in [-0.3, -0.25) is 4.79 Å². The summed E-state index contributed by atoms with van der Waals surface area (Å²) >= 11 is 0. The Morgan fingerprint density at radius 2 is 1.77 bits per heavy atom. The minimum absolute atomic E-state index is 0.0718. The normalized spacial score (nSPS) is 11.3. The first-order valence-electron chi connectivity index (χ1n) is 7.93. The van der Waals surface area contributed by atoms with Gasteiger partial charge in [-0.2, -0.15) is 5.10 Å². The number of nitrogens with zero attached hydrogens (tertiary/aromatic N) is 2. The molecule has 0 aliphatic rings. The van der Waals surface area contributed by atoms with Gasteiger partial charge in [-0.1, -0.05) is 12.1 Å². The first-order chi connectivity index (χ1) is 12.4. The monoisotopic (exact) mass is 370 g/mol. The van der Waals surface area contributed by atoms with E-state index in [1.807, 2.05) is 24.4 Å². The molecular formula is C18H18N4O3S. The number of primary sulfonamides is 1. The Morgan fingerprint density at radius 3 is 2.35 bits per heavy atom. The molecule has 7 nitrogen and oxygen atoms in total. The molecule has 0 aliphatic carbocycles. The van der Waals surface area contributed by atoms with Crippen molar-refractivity contribution >= 4 is 15.9 Å². The minimum Gasteiger partial charge on any atom is -0.352 e. The molecule has 0 atom stereocenters. The molecule has 3 aromatic rings. The number of benzene rings is 2. The van der Waals surface area contributed by atoms with Crippen LogP contribution in [0.1, 0.15) is 15.9 Å². The molecule has 3 N–H and O–H groups in total. The van der Waals surface area contributed by atoms with Crippen LogP contribution in [0.4, 0.5) is 0 Å². The zero-order chi connectivity index (χ0) is 18.6. The lowest BCUT2D eigenvalue weighted by Gasteiger charge is -2.07. The van der Waals surface area contributed by atoms with E-state index in [0.29, 0.717) is 18.5 Å². The highest BCUT2D eigenvalue weighted by atomic mass is 32.2. The second-order valence-electron chi connectivity index (χ2n) is 5.69. The van der Waals surface area contributed by atoms with Gasteiger partial charge in [-0.15, -0.1) is 0 Å². The summed E-state index contributed by atoms with van der Waals surface area (Å²) in [5.41, 5.74) is 2.35. The van der Waals surface area contributed by atoms with Crippen LogP contribution in [0.5, 0.6) is 0 Å². The average Bonchev–Trinajstić information content (AvgIpc) is 3.16. The highest BCUT2D eigenvalue weighted by Crippen LogP contribution is 2.10. The summed E-state index contributed by atoms with van der Waals surface area (Å²) in [6, 6.07) is 15.3. The fourth-order valence-electron chi connectivity index (χ4n) is 2.46. The summed E-state index contributed by atoms with van der Waals surface area (Å²) in [7, 11) is -3.69. The molecule has 0 unspecified atom stereocenters. The number of carbonyl (C=O) groups excluding carboxylic acids is 1. The Morgan fingerprint density at radius 1 is 1.08 bits per heavy atom. The van der Waals surface area contributed by atoms with Crippen LogP contribution in [-0.2, 0) is 16.4 Å². The fraction of sp³-hybridized carbons (Fsp3) is 0.111. The van der Waals surface area contributed by atoms with E-state index in [-0.39, 0.29) is 10.8 Å². The zero-order valence-electron chi connectivity index (χ0n) is 13.9. The predicted molar refractivity (Wildman–Crippen MR) is 97.4 cm³/mol. The third kappa shape index (κ3) is 4.35. The van der Waals surface area contributed by atoms with Gasteiger partial charge in [0.05, 0.1) is 10.6 Å². The van der Waals surface area contributed by atoms with Crippen molar-refractivity contribution in [2.75, 3.05) is 6.54 Å². The molecule has 1 heterocycles. The molecule has 8 heteroatoms. The maximum Gasteiger partial charge on any atom is 0.251 e. The van der Waals surface area contributed by atoms with Crippen molar-refractivity contribution < 1.29 is 13.2 Å². The number of aromatic nitrogens is 2. The van der Waals surface area contributed by atoms with E-state index in [2.05, 4.69) is 10.4 Å². The van der Waals surface area contributed by atoms with Gasteiger partial charge in [0.2, 0.25) is 10.0 Å². The number of rotatable bonds is 6. The molecule has 0 aliphatic heterocycles. The molecule has 134 valence electrons. The molecule has 1 amide bonds. The van der Waals surface area contributed by atoms with Gasteiger partial charge in [0.15, 0.2) is 0 Å². The average molecular weight is 370 g/mol. The van der Waals surface area contributed by atoms with Crippen molar-refractivity contribution in [2.45, 2.75) is 11.3 Å². The van der Waals surface area contributed by atoms with Crippen LogP contribution < -0.4 is 10.5 Å². The summed E-state index contributed by atoms with van der Waals surface area (Å²) in [6.07, 6.45) is 4.11. The Balaban J connectivity index is 1.54. The highest BCUT2D eigenvalue weighted by molar-refractivity contribution is 7.89. The molecule has 0 fully saturated rings. The molecule has 0 radical (unpaired) electrons.